The number of carboxylic acid groups (broad SMARTS) is 2. The third kappa shape index (κ3) is 5.52. The zero-order chi connectivity index (χ0) is 28.8. The average Bonchev–Trinajstić information content (AvgIpc) is 3.24. The lowest BCUT2D eigenvalue weighted by atomic mass is 9.62. The molecule has 13 heteroatoms. The molecule has 4 N–H and O–H groups in total. The number of hydrogen-bond acceptors (Lipinski definition) is 4. The molecule has 206 valence electrons. The zero-order valence-electron chi connectivity index (χ0n) is 20.3. The molecular formula is C25H24BrClF4N2O5. The van der Waals surface area contributed by atoms with E-state index >= 15 is 4.39 Å². The molecule has 0 aromatic heterocycles. The average molecular weight is 624 g/mol. The van der Waals surface area contributed by atoms with Gasteiger partial charge in [0.1, 0.15) is 17.3 Å². The summed E-state index contributed by atoms with van der Waals surface area (Å²) in [6, 6.07) is 8.24. The first kappa shape index (κ1) is 29.9. The number of carbonyl (C=O) groups is 3. The maximum Gasteiger partial charge on any atom is 0.490 e. The lowest BCUT2D eigenvalue weighted by molar-refractivity contribution is -0.192. The fourth-order valence-electron chi connectivity index (χ4n) is 5.14. The molecule has 1 fully saturated rings. The topological polar surface area (TPSA) is 116 Å². The van der Waals surface area contributed by atoms with Crippen molar-refractivity contribution >= 4 is 51.1 Å². The SMILES string of the molecule is CC(C)(C)CC1NC(C(=O)O)C(c2cccc(Cl)c2F)C12C(=O)Nc1cc(Br)ccc12.O=C(O)C(F)(F)F. The summed E-state index contributed by atoms with van der Waals surface area (Å²) in [6.07, 6.45) is -4.57. The smallest absolute Gasteiger partial charge is 0.480 e. The Kier molecular flexibility index (Phi) is 8.22. The molecule has 4 unspecified atom stereocenters. The molecule has 4 atom stereocenters. The third-order valence-electron chi connectivity index (χ3n) is 6.45. The quantitative estimate of drug-likeness (QED) is 0.326. The summed E-state index contributed by atoms with van der Waals surface area (Å²) in [4.78, 5) is 34.9. The number of benzene rings is 2. The number of fused-ring (bicyclic) bond motifs is 2. The molecule has 2 aliphatic rings. The molecule has 0 saturated carbocycles. The van der Waals surface area contributed by atoms with E-state index < -0.39 is 47.3 Å². The second-order valence-electron chi connectivity index (χ2n) is 10.2. The Morgan fingerprint density at radius 2 is 1.74 bits per heavy atom. The number of anilines is 1. The maximum atomic E-state index is 15.3. The van der Waals surface area contributed by atoms with Gasteiger partial charge in [-0.05, 0) is 41.2 Å². The summed E-state index contributed by atoms with van der Waals surface area (Å²) in [6.45, 7) is 6.09. The molecule has 1 spiro atoms. The highest BCUT2D eigenvalue weighted by atomic mass is 79.9. The fourth-order valence-corrected chi connectivity index (χ4v) is 5.68. The molecule has 38 heavy (non-hydrogen) atoms. The van der Waals surface area contributed by atoms with Crippen LogP contribution in [0, 0.1) is 11.2 Å². The predicted octanol–water partition coefficient (Wildman–Crippen LogP) is 5.71. The van der Waals surface area contributed by atoms with Crippen molar-refractivity contribution in [2.45, 2.75) is 56.8 Å². The summed E-state index contributed by atoms with van der Waals surface area (Å²) in [5.41, 5.74) is -0.143. The monoisotopic (exact) mass is 622 g/mol. The maximum absolute atomic E-state index is 15.3. The molecule has 2 aliphatic heterocycles. The van der Waals surface area contributed by atoms with E-state index in [0.717, 1.165) is 4.47 Å². The van der Waals surface area contributed by atoms with Gasteiger partial charge in [-0.15, -0.1) is 0 Å². The van der Waals surface area contributed by atoms with E-state index in [0.29, 0.717) is 17.7 Å². The van der Waals surface area contributed by atoms with Crippen LogP contribution in [-0.2, 0) is 19.8 Å². The van der Waals surface area contributed by atoms with Crippen LogP contribution in [-0.4, -0.2) is 46.3 Å². The van der Waals surface area contributed by atoms with Crippen molar-refractivity contribution in [3.8, 4) is 0 Å². The second kappa shape index (κ2) is 10.5. The summed E-state index contributed by atoms with van der Waals surface area (Å²) in [7, 11) is 0. The molecule has 1 amide bonds. The van der Waals surface area contributed by atoms with Crippen molar-refractivity contribution in [1.82, 2.24) is 5.32 Å². The van der Waals surface area contributed by atoms with Crippen LogP contribution in [0.5, 0.6) is 0 Å². The van der Waals surface area contributed by atoms with Crippen molar-refractivity contribution in [3.05, 3.63) is 62.8 Å². The molecule has 2 aromatic carbocycles. The van der Waals surface area contributed by atoms with E-state index in [4.69, 9.17) is 21.5 Å². The van der Waals surface area contributed by atoms with E-state index in [2.05, 4.69) is 26.6 Å². The van der Waals surface area contributed by atoms with E-state index in [1.165, 1.54) is 12.1 Å². The van der Waals surface area contributed by atoms with Crippen molar-refractivity contribution in [2.75, 3.05) is 5.32 Å². The van der Waals surface area contributed by atoms with E-state index in [9.17, 15) is 27.9 Å². The lowest BCUT2D eigenvalue weighted by Gasteiger charge is -2.37. The molecular weight excluding hydrogens is 600 g/mol. The summed E-state index contributed by atoms with van der Waals surface area (Å²) in [5.74, 6) is -5.92. The summed E-state index contributed by atoms with van der Waals surface area (Å²) >= 11 is 9.49. The minimum atomic E-state index is -5.08. The Balaban J connectivity index is 0.000000505. The molecule has 2 heterocycles. The van der Waals surface area contributed by atoms with Gasteiger partial charge in [0, 0.05) is 22.1 Å². The van der Waals surface area contributed by atoms with Crippen LogP contribution in [0.2, 0.25) is 5.02 Å². The lowest BCUT2D eigenvalue weighted by Crippen LogP contribution is -2.49. The van der Waals surface area contributed by atoms with Gasteiger partial charge in [-0.25, -0.2) is 9.18 Å². The molecule has 4 rings (SSSR count). The number of aliphatic carboxylic acids is 2. The standard InChI is InChI=1S/C23H23BrClFN2O3.C2HF3O2/c1-22(2,3)10-16-23(13-8-7-11(24)9-15(13)27-21(23)31)17(19(28-16)20(29)30)12-5-4-6-14(25)18(12)26;3-2(4,5)1(6)7/h4-9,16-17,19,28H,10H2,1-3H3,(H,27,31)(H,29,30);(H,6,7). The number of carbonyl (C=O) groups excluding carboxylic acids is 1. The molecule has 0 radical (unpaired) electrons. The van der Waals surface area contributed by atoms with Gasteiger partial charge in [-0.1, -0.05) is 66.5 Å². The van der Waals surface area contributed by atoms with E-state index in [1.54, 1.807) is 12.1 Å². The van der Waals surface area contributed by atoms with Crippen LogP contribution in [0.3, 0.4) is 0 Å². The predicted molar refractivity (Wildman–Crippen MR) is 135 cm³/mol. The van der Waals surface area contributed by atoms with Gasteiger partial charge in [0.25, 0.3) is 0 Å². The largest absolute Gasteiger partial charge is 0.490 e. The van der Waals surface area contributed by atoms with Gasteiger partial charge in [0.05, 0.1) is 5.02 Å². The first-order chi connectivity index (χ1) is 17.4. The number of alkyl halides is 3. The van der Waals surface area contributed by atoms with Crippen molar-refractivity contribution in [1.29, 1.82) is 0 Å². The first-order valence-corrected chi connectivity index (χ1v) is 12.4. The number of amides is 1. The molecule has 0 bridgehead atoms. The molecule has 7 nitrogen and oxygen atoms in total. The van der Waals surface area contributed by atoms with Crippen LogP contribution in [0.4, 0.5) is 23.2 Å². The van der Waals surface area contributed by atoms with E-state index in [1.807, 2.05) is 32.9 Å². The van der Waals surface area contributed by atoms with Crippen LogP contribution >= 0.6 is 27.5 Å². The van der Waals surface area contributed by atoms with Gasteiger partial charge < -0.3 is 15.5 Å². The van der Waals surface area contributed by atoms with Gasteiger partial charge in [-0.2, -0.15) is 13.2 Å². The van der Waals surface area contributed by atoms with E-state index in [-0.39, 0.29) is 21.9 Å². The number of nitrogens with one attached hydrogen (secondary N) is 2. The number of carboxylic acids is 2. The molecule has 2 aromatic rings. The highest BCUT2D eigenvalue weighted by molar-refractivity contribution is 9.10. The van der Waals surface area contributed by atoms with Crippen LogP contribution < -0.4 is 10.6 Å². The molecule has 1 saturated heterocycles. The van der Waals surface area contributed by atoms with Crippen molar-refractivity contribution < 1.29 is 42.2 Å². The van der Waals surface area contributed by atoms with Crippen molar-refractivity contribution in [3.63, 3.8) is 0 Å². The van der Waals surface area contributed by atoms with Gasteiger partial charge >= 0.3 is 18.1 Å². The first-order valence-electron chi connectivity index (χ1n) is 11.3. The summed E-state index contributed by atoms with van der Waals surface area (Å²) in [5, 5.41) is 23.2. The number of hydrogen-bond donors (Lipinski definition) is 4. The van der Waals surface area contributed by atoms with Gasteiger partial charge in [0.2, 0.25) is 5.91 Å². The summed E-state index contributed by atoms with van der Waals surface area (Å²) < 4.78 is 47.8. The van der Waals surface area contributed by atoms with Crippen LogP contribution in [0.15, 0.2) is 40.9 Å². The molecule has 0 aliphatic carbocycles. The zero-order valence-corrected chi connectivity index (χ0v) is 22.6. The Morgan fingerprint density at radius 3 is 2.26 bits per heavy atom. The van der Waals surface area contributed by atoms with Crippen LogP contribution in [0.25, 0.3) is 0 Å². The Morgan fingerprint density at radius 1 is 1.13 bits per heavy atom. The van der Waals surface area contributed by atoms with Gasteiger partial charge in [0.15, 0.2) is 0 Å². The Hall–Kier alpha value is -2.70. The minimum absolute atomic E-state index is 0.106. The fraction of sp³-hybridized carbons (Fsp3) is 0.400. The Labute approximate surface area is 228 Å². The van der Waals surface area contributed by atoms with Gasteiger partial charge in [-0.3, -0.25) is 14.9 Å². The third-order valence-corrected chi connectivity index (χ3v) is 7.23. The number of rotatable bonds is 3. The second-order valence-corrected chi connectivity index (χ2v) is 11.6. The normalized spacial score (nSPS) is 24.4. The Bertz CT molecular complexity index is 1280. The minimum Gasteiger partial charge on any atom is -0.480 e. The van der Waals surface area contributed by atoms with Crippen LogP contribution in [0.1, 0.15) is 44.2 Å². The highest BCUT2D eigenvalue weighted by Gasteiger charge is 2.66. The highest BCUT2D eigenvalue weighted by Crippen LogP contribution is 2.57. The number of halogens is 6. The van der Waals surface area contributed by atoms with Crippen molar-refractivity contribution in [2.24, 2.45) is 5.41 Å².